The van der Waals surface area contributed by atoms with E-state index in [1.54, 1.807) is 12.2 Å². The number of hydrogen-bond donors (Lipinski definition) is 0. The third-order valence-corrected chi connectivity index (χ3v) is 0.849. The van der Waals surface area contributed by atoms with Gasteiger partial charge in [0.1, 0.15) is 0 Å². The quantitative estimate of drug-likeness (QED) is 0.510. The first kappa shape index (κ1) is 7.41. The Morgan fingerprint density at radius 1 is 1.62 bits per heavy atom. The number of hydrogen-bond acceptors (Lipinski definition) is 1. The molecule has 1 nitrogen and oxygen atoms in total. The third kappa shape index (κ3) is 3.59. The van der Waals surface area contributed by atoms with Gasteiger partial charge in [-0.1, -0.05) is 13.0 Å². The van der Waals surface area contributed by atoms with E-state index >= 15 is 0 Å². The molecule has 0 rings (SSSR count). The van der Waals surface area contributed by atoms with Crippen LogP contribution >= 0.6 is 0 Å². The van der Waals surface area contributed by atoms with Gasteiger partial charge in [0.2, 0.25) is 0 Å². The molecule has 0 spiro atoms. The van der Waals surface area contributed by atoms with Crippen molar-refractivity contribution in [2.75, 3.05) is 0 Å². The maximum atomic E-state index is 10.6. The Bertz CT molecular complexity index is 92.6. The first-order valence-corrected chi connectivity index (χ1v) is 2.96. The summed E-state index contributed by atoms with van der Waals surface area (Å²) in [5.41, 5.74) is 0. The van der Waals surface area contributed by atoms with Gasteiger partial charge in [-0.2, -0.15) is 0 Å². The van der Waals surface area contributed by atoms with Gasteiger partial charge < -0.3 is 0 Å². The summed E-state index contributed by atoms with van der Waals surface area (Å²) < 4.78 is 0. The second-order valence-electron chi connectivity index (χ2n) is 1.72. The highest BCUT2D eigenvalue weighted by Gasteiger charge is 1.89. The standard InChI is InChI=1S/C7H12O/c1-3-5-7(8)6-4-2/h3,5H,4,6H2,1-2H3/b5-3-. The van der Waals surface area contributed by atoms with Crippen LogP contribution in [0.4, 0.5) is 0 Å². The lowest BCUT2D eigenvalue weighted by Gasteiger charge is -1.84. The monoisotopic (exact) mass is 112 g/mol. The minimum atomic E-state index is 0.231. The zero-order chi connectivity index (χ0) is 6.41. The summed E-state index contributed by atoms with van der Waals surface area (Å²) in [4.78, 5) is 10.6. The van der Waals surface area contributed by atoms with Crippen LogP contribution in [0.5, 0.6) is 0 Å². The van der Waals surface area contributed by atoms with Crippen molar-refractivity contribution < 1.29 is 4.79 Å². The highest BCUT2D eigenvalue weighted by Crippen LogP contribution is 1.89. The van der Waals surface area contributed by atoms with Crippen molar-refractivity contribution in [2.24, 2.45) is 0 Å². The molecule has 0 aliphatic rings. The van der Waals surface area contributed by atoms with Crippen molar-refractivity contribution in [1.29, 1.82) is 0 Å². The average molecular weight is 112 g/mol. The summed E-state index contributed by atoms with van der Waals surface area (Å²) in [6.07, 6.45) is 5.02. The lowest BCUT2D eigenvalue weighted by atomic mass is 10.2. The van der Waals surface area contributed by atoms with Gasteiger partial charge in [0.15, 0.2) is 5.78 Å². The number of allylic oxidation sites excluding steroid dienone is 2. The Labute approximate surface area is 50.4 Å². The van der Waals surface area contributed by atoms with Crippen molar-refractivity contribution in [3.63, 3.8) is 0 Å². The van der Waals surface area contributed by atoms with E-state index in [9.17, 15) is 4.79 Å². The van der Waals surface area contributed by atoms with E-state index < -0.39 is 0 Å². The highest BCUT2D eigenvalue weighted by molar-refractivity contribution is 5.89. The molecule has 1 heteroatoms. The van der Waals surface area contributed by atoms with Gasteiger partial charge in [-0.25, -0.2) is 0 Å². The summed E-state index contributed by atoms with van der Waals surface area (Å²) in [5.74, 6) is 0.231. The van der Waals surface area contributed by atoms with Crippen LogP contribution in [-0.4, -0.2) is 5.78 Å². The summed E-state index contributed by atoms with van der Waals surface area (Å²) >= 11 is 0. The smallest absolute Gasteiger partial charge is 0.155 e. The molecule has 0 fully saturated rings. The molecule has 0 aliphatic carbocycles. The first-order chi connectivity index (χ1) is 3.81. The van der Waals surface area contributed by atoms with E-state index in [2.05, 4.69) is 0 Å². The normalized spacial score (nSPS) is 10.2. The Morgan fingerprint density at radius 2 is 2.25 bits per heavy atom. The molecular formula is C7H12O. The molecule has 0 aromatic carbocycles. The van der Waals surface area contributed by atoms with Crippen LogP contribution in [0.3, 0.4) is 0 Å². The largest absolute Gasteiger partial charge is 0.295 e. The molecule has 8 heavy (non-hydrogen) atoms. The molecule has 0 amide bonds. The maximum absolute atomic E-state index is 10.6. The predicted molar refractivity (Wildman–Crippen MR) is 34.7 cm³/mol. The van der Waals surface area contributed by atoms with Crippen LogP contribution in [0.25, 0.3) is 0 Å². The van der Waals surface area contributed by atoms with Crippen LogP contribution < -0.4 is 0 Å². The average Bonchev–Trinajstić information content (AvgIpc) is 1.68. The summed E-state index contributed by atoms with van der Waals surface area (Å²) in [7, 11) is 0. The Hall–Kier alpha value is -0.590. The highest BCUT2D eigenvalue weighted by atomic mass is 16.1. The summed E-state index contributed by atoms with van der Waals surface area (Å²) in [5, 5.41) is 0. The first-order valence-electron chi connectivity index (χ1n) is 2.96. The van der Waals surface area contributed by atoms with E-state index in [4.69, 9.17) is 0 Å². The number of rotatable bonds is 3. The molecule has 0 unspecified atom stereocenters. The van der Waals surface area contributed by atoms with E-state index in [0.29, 0.717) is 6.42 Å². The van der Waals surface area contributed by atoms with Gasteiger partial charge in [0.05, 0.1) is 0 Å². The lowest BCUT2D eigenvalue weighted by molar-refractivity contribution is -0.114. The molecule has 0 aromatic rings. The van der Waals surface area contributed by atoms with Crippen LogP contribution in [0.15, 0.2) is 12.2 Å². The van der Waals surface area contributed by atoms with Crippen molar-refractivity contribution >= 4 is 5.78 Å². The van der Waals surface area contributed by atoms with Crippen LogP contribution in [0, 0.1) is 0 Å². The molecule has 0 saturated carbocycles. The fourth-order valence-electron chi connectivity index (χ4n) is 0.516. The number of carbonyl (C=O) groups excluding carboxylic acids is 1. The van der Waals surface area contributed by atoms with Crippen molar-refractivity contribution in [3.05, 3.63) is 12.2 Å². The number of ketones is 1. The van der Waals surface area contributed by atoms with Gasteiger partial charge in [0.25, 0.3) is 0 Å². The van der Waals surface area contributed by atoms with Crippen LogP contribution in [0.2, 0.25) is 0 Å². The molecule has 0 aromatic heterocycles. The van der Waals surface area contributed by atoms with E-state index in [1.165, 1.54) is 0 Å². The molecule has 0 saturated heterocycles. The predicted octanol–water partition coefficient (Wildman–Crippen LogP) is 1.93. The Morgan fingerprint density at radius 3 is 2.62 bits per heavy atom. The SMILES string of the molecule is C/C=C\C(=O)CCC. The summed E-state index contributed by atoms with van der Waals surface area (Å²) in [6.45, 7) is 3.86. The molecule has 0 bridgehead atoms. The molecular weight excluding hydrogens is 100 g/mol. The fraction of sp³-hybridized carbons (Fsp3) is 0.571. The number of carbonyl (C=O) groups is 1. The molecule has 0 atom stereocenters. The van der Waals surface area contributed by atoms with Crippen molar-refractivity contribution in [1.82, 2.24) is 0 Å². The van der Waals surface area contributed by atoms with Gasteiger partial charge in [-0.05, 0) is 19.4 Å². The van der Waals surface area contributed by atoms with E-state index in [1.807, 2.05) is 13.8 Å². The Balaban J connectivity index is 3.33. The zero-order valence-corrected chi connectivity index (χ0v) is 5.48. The van der Waals surface area contributed by atoms with Crippen LogP contribution in [0.1, 0.15) is 26.7 Å². The van der Waals surface area contributed by atoms with Crippen molar-refractivity contribution in [3.8, 4) is 0 Å². The maximum Gasteiger partial charge on any atom is 0.155 e. The van der Waals surface area contributed by atoms with Gasteiger partial charge in [-0.3, -0.25) is 4.79 Å². The molecule has 0 heterocycles. The van der Waals surface area contributed by atoms with Gasteiger partial charge >= 0.3 is 0 Å². The fourth-order valence-corrected chi connectivity index (χ4v) is 0.516. The molecule has 46 valence electrons. The van der Waals surface area contributed by atoms with Crippen molar-refractivity contribution in [2.45, 2.75) is 26.7 Å². The third-order valence-electron chi connectivity index (χ3n) is 0.849. The minimum absolute atomic E-state index is 0.231. The molecule has 0 radical (unpaired) electrons. The zero-order valence-electron chi connectivity index (χ0n) is 5.48. The lowest BCUT2D eigenvalue weighted by Crippen LogP contribution is -1.88. The molecule has 0 aliphatic heterocycles. The van der Waals surface area contributed by atoms with Gasteiger partial charge in [-0.15, -0.1) is 0 Å². The minimum Gasteiger partial charge on any atom is -0.295 e. The van der Waals surface area contributed by atoms with E-state index in [0.717, 1.165) is 6.42 Å². The Kier molecular flexibility index (Phi) is 4.23. The topological polar surface area (TPSA) is 17.1 Å². The van der Waals surface area contributed by atoms with Crippen LogP contribution in [-0.2, 0) is 4.79 Å². The van der Waals surface area contributed by atoms with E-state index in [-0.39, 0.29) is 5.78 Å². The second-order valence-corrected chi connectivity index (χ2v) is 1.72. The second kappa shape index (κ2) is 4.57. The van der Waals surface area contributed by atoms with Gasteiger partial charge in [0, 0.05) is 6.42 Å². The molecule has 0 N–H and O–H groups in total. The summed E-state index contributed by atoms with van der Waals surface area (Å²) in [6, 6.07) is 0.